The number of anilines is 1. The average Bonchev–Trinajstić information content (AvgIpc) is 3.94. The second-order valence-electron chi connectivity index (χ2n) is 13.1. The van der Waals surface area contributed by atoms with Crippen molar-refractivity contribution in [3.63, 3.8) is 0 Å². The maximum atomic E-state index is 14.2. The van der Waals surface area contributed by atoms with Crippen LogP contribution in [0.15, 0.2) is 54.9 Å². The monoisotopic (exact) mass is 698 g/mol. The largest absolute Gasteiger partial charge is 0.444 e. The maximum absolute atomic E-state index is 14.2. The molecule has 6 rings (SSSR count). The predicted molar refractivity (Wildman–Crippen MR) is 177 cm³/mol. The van der Waals surface area contributed by atoms with E-state index in [1.165, 1.54) is 9.80 Å². The number of amides is 4. The molecular formula is C33H39ClN6O7S. The third-order valence-corrected chi connectivity index (χ3v) is 11.7. The zero-order valence-electron chi connectivity index (χ0n) is 26.8. The van der Waals surface area contributed by atoms with Crippen molar-refractivity contribution >= 4 is 51.1 Å². The number of nitrogens with zero attached hydrogens (tertiary/aromatic N) is 3. The van der Waals surface area contributed by atoms with Crippen LogP contribution in [0.2, 0.25) is 5.02 Å². The van der Waals surface area contributed by atoms with Crippen LogP contribution in [0.4, 0.5) is 10.5 Å². The highest BCUT2D eigenvalue weighted by Crippen LogP contribution is 2.47. The van der Waals surface area contributed by atoms with E-state index >= 15 is 0 Å². The highest BCUT2D eigenvalue weighted by Gasteiger charge is 2.62. The molecule has 1 saturated heterocycles. The summed E-state index contributed by atoms with van der Waals surface area (Å²) in [4.78, 5) is 61.9. The van der Waals surface area contributed by atoms with Gasteiger partial charge in [-0.25, -0.2) is 13.2 Å². The average molecular weight is 699 g/mol. The molecule has 3 N–H and O–H groups in total. The minimum Gasteiger partial charge on any atom is -0.444 e. The van der Waals surface area contributed by atoms with Crippen LogP contribution in [-0.2, 0) is 42.2 Å². The smallest absolute Gasteiger partial charge is 0.410 e. The van der Waals surface area contributed by atoms with Crippen LogP contribution in [0, 0.1) is 5.92 Å². The van der Waals surface area contributed by atoms with Crippen LogP contribution in [0.3, 0.4) is 0 Å². The summed E-state index contributed by atoms with van der Waals surface area (Å²) in [5, 5.41) is 5.88. The molecule has 1 aromatic heterocycles. The summed E-state index contributed by atoms with van der Waals surface area (Å²) >= 11 is 6.34. The molecule has 15 heteroatoms. The molecule has 2 aromatic rings. The Morgan fingerprint density at radius 2 is 1.94 bits per heavy atom. The highest BCUT2D eigenvalue weighted by molar-refractivity contribution is 7.91. The molecule has 1 aromatic carbocycles. The van der Waals surface area contributed by atoms with Crippen molar-refractivity contribution in [1.29, 1.82) is 0 Å². The lowest BCUT2D eigenvalue weighted by Gasteiger charge is -2.30. The Kier molecular flexibility index (Phi) is 9.16. The zero-order valence-corrected chi connectivity index (χ0v) is 28.4. The lowest BCUT2D eigenvalue weighted by molar-refractivity contribution is -0.139. The Labute approximate surface area is 284 Å². The van der Waals surface area contributed by atoms with Gasteiger partial charge in [-0.2, -0.15) is 0 Å². The van der Waals surface area contributed by atoms with Crippen molar-refractivity contribution in [2.75, 3.05) is 11.9 Å². The van der Waals surface area contributed by atoms with E-state index in [-0.39, 0.29) is 31.8 Å². The number of sulfonamides is 1. The fourth-order valence-electron chi connectivity index (χ4n) is 6.57. The summed E-state index contributed by atoms with van der Waals surface area (Å²) in [5.41, 5.74) is 1.35. The highest BCUT2D eigenvalue weighted by atomic mass is 35.5. The summed E-state index contributed by atoms with van der Waals surface area (Å²) in [5.74, 6) is -2.19. The first-order valence-corrected chi connectivity index (χ1v) is 18.0. The topological polar surface area (TPSA) is 167 Å². The maximum Gasteiger partial charge on any atom is 0.410 e. The van der Waals surface area contributed by atoms with E-state index in [9.17, 15) is 27.6 Å². The Balaban J connectivity index is 1.22. The molecular weight excluding hydrogens is 660 g/mol. The third kappa shape index (κ3) is 6.73. The van der Waals surface area contributed by atoms with Crippen molar-refractivity contribution in [3.05, 3.63) is 71.0 Å². The third-order valence-electron chi connectivity index (χ3n) is 9.56. The van der Waals surface area contributed by atoms with E-state index in [0.717, 1.165) is 11.1 Å². The van der Waals surface area contributed by atoms with E-state index in [2.05, 4.69) is 26.9 Å². The van der Waals surface area contributed by atoms with Crippen LogP contribution in [0.25, 0.3) is 0 Å². The van der Waals surface area contributed by atoms with Gasteiger partial charge in [-0.05, 0) is 67.0 Å². The van der Waals surface area contributed by atoms with Crippen molar-refractivity contribution in [3.8, 4) is 0 Å². The molecule has 4 amide bonds. The van der Waals surface area contributed by atoms with E-state index < -0.39 is 62.8 Å². The quantitative estimate of drug-likeness (QED) is 0.299. The normalized spacial score (nSPS) is 25.1. The fourth-order valence-corrected chi connectivity index (χ4v) is 8.19. The molecule has 3 heterocycles. The van der Waals surface area contributed by atoms with Gasteiger partial charge in [0.25, 0.3) is 5.91 Å². The number of likely N-dealkylation sites (tertiary alicyclic amines) is 1. The van der Waals surface area contributed by atoms with Crippen molar-refractivity contribution in [2.24, 2.45) is 5.92 Å². The van der Waals surface area contributed by atoms with Crippen LogP contribution < -0.4 is 15.4 Å². The van der Waals surface area contributed by atoms with E-state index in [1.807, 2.05) is 19.1 Å². The van der Waals surface area contributed by atoms with Crippen molar-refractivity contribution in [1.82, 2.24) is 24.8 Å². The summed E-state index contributed by atoms with van der Waals surface area (Å²) in [6.45, 7) is 8.00. The van der Waals surface area contributed by atoms with Crippen LogP contribution in [-0.4, -0.2) is 82.5 Å². The standard InChI is InChI=1S/C33H39ClN6O7S/c1-4-21-14-33(21,31(43)38-48(45,46)24-10-11-24)37-29(41)27-13-23(47-32(44)39-16-20-7-5-9-26(34)25(20)18-39)17-40(27)30(42)28(19(2)3)36-22-8-6-12-35-15-22/h5-9,12,15,21,23-24,27-28,36H,2,4,10-11,13-14,16-18H2,1,3H3,(H,37,41)(H,38,43)/t21-,23-,27+,28+,33?/m1/s1. The fraction of sp³-hybridized carbons (Fsp3) is 0.485. The van der Waals surface area contributed by atoms with Gasteiger partial charge in [0.05, 0.1) is 24.0 Å². The second kappa shape index (κ2) is 13.0. The molecule has 2 aliphatic heterocycles. The minimum atomic E-state index is -3.85. The second-order valence-corrected chi connectivity index (χ2v) is 15.5. The van der Waals surface area contributed by atoms with Gasteiger partial charge in [-0.1, -0.05) is 43.7 Å². The summed E-state index contributed by atoms with van der Waals surface area (Å²) in [6, 6.07) is 6.84. The number of halogens is 1. The first-order valence-electron chi connectivity index (χ1n) is 16.0. The molecule has 4 aliphatic rings. The van der Waals surface area contributed by atoms with Gasteiger partial charge in [0.2, 0.25) is 21.8 Å². The van der Waals surface area contributed by atoms with Gasteiger partial charge in [0.1, 0.15) is 23.7 Å². The Morgan fingerprint density at radius 1 is 1.17 bits per heavy atom. The summed E-state index contributed by atoms with van der Waals surface area (Å²) in [6.07, 6.45) is 3.40. The number of carbonyl (C=O) groups excluding carboxylic acids is 4. The van der Waals surface area contributed by atoms with Gasteiger partial charge in [-0.3, -0.25) is 29.0 Å². The van der Waals surface area contributed by atoms with Crippen LogP contribution >= 0.6 is 11.6 Å². The van der Waals surface area contributed by atoms with Crippen molar-refractivity contribution < 1.29 is 32.3 Å². The van der Waals surface area contributed by atoms with Crippen LogP contribution in [0.1, 0.15) is 57.1 Å². The first kappa shape index (κ1) is 33.7. The number of benzene rings is 1. The molecule has 0 radical (unpaired) electrons. The van der Waals surface area contributed by atoms with Crippen molar-refractivity contribution in [2.45, 2.75) is 88.0 Å². The van der Waals surface area contributed by atoms with Gasteiger partial charge in [-0.15, -0.1) is 0 Å². The molecule has 2 saturated carbocycles. The lowest BCUT2D eigenvalue weighted by atomic mass is 10.1. The molecule has 1 unspecified atom stereocenters. The lowest BCUT2D eigenvalue weighted by Crippen LogP contribution is -2.57. The number of carbonyl (C=O) groups is 4. The van der Waals surface area contributed by atoms with E-state index in [1.54, 1.807) is 37.5 Å². The first-order chi connectivity index (χ1) is 22.8. The van der Waals surface area contributed by atoms with Gasteiger partial charge >= 0.3 is 6.09 Å². The molecule has 256 valence electrons. The molecule has 0 spiro atoms. The molecule has 48 heavy (non-hydrogen) atoms. The zero-order chi connectivity index (χ0) is 34.4. The summed E-state index contributed by atoms with van der Waals surface area (Å²) < 4.78 is 33.3. The molecule has 5 atom stereocenters. The van der Waals surface area contributed by atoms with E-state index in [0.29, 0.717) is 42.1 Å². The van der Waals surface area contributed by atoms with Gasteiger partial charge in [0, 0.05) is 30.4 Å². The Bertz CT molecular complexity index is 1750. The number of hydrogen-bond acceptors (Lipinski definition) is 9. The number of ether oxygens (including phenoxy) is 1. The molecule has 13 nitrogen and oxygen atoms in total. The minimum absolute atomic E-state index is 0.0322. The Morgan fingerprint density at radius 3 is 2.56 bits per heavy atom. The predicted octanol–water partition coefficient (Wildman–Crippen LogP) is 3.11. The summed E-state index contributed by atoms with van der Waals surface area (Å²) in [7, 11) is -3.85. The number of pyridine rings is 1. The number of aromatic nitrogens is 1. The number of nitrogens with one attached hydrogen (secondary N) is 3. The SMILES string of the molecule is C=C(C)[C@H](Nc1cccnc1)C(=O)N1C[C@H](OC(=O)N2Cc3cccc(Cl)c3C2)C[C@H]1C(=O)NC1(C(=O)NS(=O)(=O)C2CC2)C[C@H]1CC. The Hall–Kier alpha value is -4.17. The molecule has 0 bridgehead atoms. The van der Waals surface area contributed by atoms with Crippen LogP contribution in [0.5, 0.6) is 0 Å². The molecule has 3 fully saturated rings. The van der Waals surface area contributed by atoms with E-state index in [4.69, 9.17) is 16.3 Å². The number of fused-ring (bicyclic) bond motifs is 1. The number of rotatable bonds is 11. The molecule has 2 aliphatic carbocycles. The van der Waals surface area contributed by atoms with Gasteiger partial charge in [0.15, 0.2) is 0 Å². The van der Waals surface area contributed by atoms with Gasteiger partial charge < -0.3 is 20.3 Å². The number of hydrogen-bond donors (Lipinski definition) is 3.